The molecule has 0 fully saturated rings. The molecule has 16 heavy (non-hydrogen) atoms. The molecule has 1 aromatic heterocycles. The molecule has 0 spiro atoms. The van der Waals surface area contributed by atoms with Gasteiger partial charge < -0.3 is 0 Å². The molecule has 1 heterocycles. The summed E-state index contributed by atoms with van der Waals surface area (Å²) in [4.78, 5) is 0. The topological polar surface area (TPSA) is 30.7 Å². The lowest BCUT2D eigenvalue weighted by atomic mass is 10.2. The van der Waals surface area contributed by atoms with Crippen LogP contribution in [0.1, 0.15) is 30.7 Å². The Kier molecular flexibility index (Phi) is 2.44. The van der Waals surface area contributed by atoms with Crippen molar-refractivity contribution in [3.63, 3.8) is 0 Å². The Morgan fingerprint density at radius 3 is 2.62 bits per heavy atom. The van der Waals surface area contributed by atoms with Gasteiger partial charge in [-0.2, -0.15) is 0 Å². The van der Waals surface area contributed by atoms with E-state index in [0.717, 1.165) is 18.5 Å². The molecule has 1 aromatic carbocycles. The van der Waals surface area contributed by atoms with Crippen LogP contribution in [0.4, 0.5) is 0 Å². The predicted molar refractivity (Wildman–Crippen MR) is 62.6 cm³/mol. The molecule has 3 heteroatoms. The fourth-order valence-corrected chi connectivity index (χ4v) is 2.32. The fraction of sp³-hybridized carbons (Fsp3) is 0.385. The third kappa shape index (κ3) is 1.62. The van der Waals surface area contributed by atoms with Gasteiger partial charge in [0, 0.05) is 0 Å². The van der Waals surface area contributed by atoms with Crippen LogP contribution in [0, 0.1) is 0 Å². The SMILES string of the molecule is c1ccc(-n2nnc3c2CCCCC3)cc1. The van der Waals surface area contributed by atoms with Gasteiger partial charge in [-0.3, -0.25) is 0 Å². The number of para-hydroxylation sites is 1. The van der Waals surface area contributed by atoms with Gasteiger partial charge in [-0.1, -0.05) is 29.8 Å². The Hall–Kier alpha value is -1.64. The van der Waals surface area contributed by atoms with E-state index in [-0.39, 0.29) is 0 Å². The van der Waals surface area contributed by atoms with Crippen LogP contribution < -0.4 is 0 Å². The van der Waals surface area contributed by atoms with Crippen molar-refractivity contribution in [1.82, 2.24) is 15.0 Å². The largest absolute Gasteiger partial charge is 0.217 e. The average Bonchev–Trinajstić information content (AvgIpc) is 2.60. The first-order valence-electron chi connectivity index (χ1n) is 5.94. The first kappa shape index (κ1) is 9.58. The molecule has 3 rings (SSSR count). The molecule has 0 N–H and O–H groups in total. The maximum Gasteiger partial charge on any atom is 0.0863 e. The number of benzene rings is 1. The summed E-state index contributed by atoms with van der Waals surface area (Å²) in [6.07, 6.45) is 6.01. The molecular formula is C13H15N3. The van der Waals surface area contributed by atoms with Crippen LogP contribution >= 0.6 is 0 Å². The highest BCUT2D eigenvalue weighted by molar-refractivity contribution is 5.33. The van der Waals surface area contributed by atoms with E-state index in [9.17, 15) is 0 Å². The Morgan fingerprint density at radius 2 is 1.75 bits per heavy atom. The molecule has 0 atom stereocenters. The molecule has 0 saturated carbocycles. The van der Waals surface area contributed by atoms with Crippen LogP contribution in [-0.2, 0) is 12.8 Å². The lowest BCUT2D eigenvalue weighted by Crippen LogP contribution is -2.02. The van der Waals surface area contributed by atoms with E-state index in [2.05, 4.69) is 22.4 Å². The van der Waals surface area contributed by atoms with Crippen LogP contribution in [0.15, 0.2) is 30.3 Å². The van der Waals surface area contributed by atoms with Crippen LogP contribution in [0.3, 0.4) is 0 Å². The molecular weight excluding hydrogens is 198 g/mol. The summed E-state index contributed by atoms with van der Waals surface area (Å²) in [7, 11) is 0. The zero-order valence-electron chi connectivity index (χ0n) is 9.26. The minimum Gasteiger partial charge on any atom is -0.217 e. The van der Waals surface area contributed by atoms with Crippen molar-refractivity contribution in [2.45, 2.75) is 32.1 Å². The lowest BCUT2D eigenvalue weighted by molar-refractivity contribution is 0.670. The first-order valence-corrected chi connectivity index (χ1v) is 5.94. The third-order valence-electron chi connectivity index (χ3n) is 3.17. The van der Waals surface area contributed by atoms with E-state index in [1.54, 1.807) is 0 Å². The third-order valence-corrected chi connectivity index (χ3v) is 3.17. The number of fused-ring (bicyclic) bond motifs is 1. The summed E-state index contributed by atoms with van der Waals surface area (Å²) in [6.45, 7) is 0. The van der Waals surface area contributed by atoms with Crippen LogP contribution in [0.2, 0.25) is 0 Å². The van der Waals surface area contributed by atoms with Crippen molar-refractivity contribution < 1.29 is 0 Å². The van der Waals surface area contributed by atoms with Crippen molar-refractivity contribution >= 4 is 0 Å². The molecule has 0 bridgehead atoms. The van der Waals surface area contributed by atoms with Crippen molar-refractivity contribution in [2.24, 2.45) is 0 Å². The van der Waals surface area contributed by atoms with Crippen LogP contribution in [0.25, 0.3) is 5.69 Å². The van der Waals surface area contributed by atoms with Crippen molar-refractivity contribution in [2.75, 3.05) is 0 Å². The molecule has 2 aromatic rings. The monoisotopic (exact) mass is 213 g/mol. The molecule has 1 aliphatic carbocycles. The number of hydrogen-bond donors (Lipinski definition) is 0. The summed E-state index contributed by atoms with van der Waals surface area (Å²) in [6, 6.07) is 10.3. The smallest absolute Gasteiger partial charge is 0.0863 e. The minimum absolute atomic E-state index is 1.09. The first-order chi connectivity index (χ1) is 7.95. The summed E-state index contributed by atoms with van der Waals surface area (Å²) in [5, 5.41) is 8.58. The van der Waals surface area contributed by atoms with Gasteiger partial charge in [0.05, 0.1) is 17.1 Å². The number of hydrogen-bond acceptors (Lipinski definition) is 2. The maximum absolute atomic E-state index is 4.31. The van der Waals surface area contributed by atoms with Gasteiger partial charge in [0.1, 0.15) is 0 Å². The van der Waals surface area contributed by atoms with Crippen molar-refractivity contribution in [3.8, 4) is 5.69 Å². The van der Waals surface area contributed by atoms with Gasteiger partial charge in [-0.25, -0.2) is 4.68 Å². The fourth-order valence-electron chi connectivity index (χ4n) is 2.32. The second-order valence-electron chi connectivity index (χ2n) is 4.29. The normalized spacial score (nSPS) is 15.5. The molecule has 0 amide bonds. The second-order valence-corrected chi connectivity index (χ2v) is 4.29. The summed E-state index contributed by atoms with van der Waals surface area (Å²) in [5.74, 6) is 0. The molecule has 3 nitrogen and oxygen atoms in total. The van der Waals surface area contributed by atoms with Crippen LogP contribution in [0.5, 0.6) is 0 Å². The van der Waals surface area contributed by atoms with E-state index in [0.29, 0.717) is 0 Å². The van der Waals surface area contributed by atoms with E-state index in [4.69, 9.17) is 0 Å². The summed E-state index contributed by atoms with van der Waals surface area (Å²) < 4.78 is 2.00. The number of aryl methyl sites for hydroxylation is 1. The Balaban J connectivity index is 2.06. The van der Waals surface area contributed by atoms with E-state index in [1.807, 2.05) is 22.9 Å². The lowest BCUT2D eigenvalue weighted by Gasteiger charge is -2.05. The van der Waals surface area contributed by atoms with E-state index in [1.165, 1.54) is 30.7 Å². The molecule has 0 aliphatic heterocycles. The Morgan fingerprint density at radius 1 is 0.938 bits per heavy atom. The van der Waals surface area contributed by atoms with E-state index < -0.39 is 0 Å². The molecule has 0 radical (unpaired) electrons. The summed E-state index contributed by atoms with van der Waals surface area (Å²) >= 11 is 0. The zero-order valence-corrected chi connectivity index (χ0v) is 9.26. The Bertz CT molecular complexity index is 473. The highest BCUT2D eigenvalue weighted by Crippen LogP contribution is 2.20. The van der Waals surface area contributed by atoms with E-state index >= 15 is 0 Å². The number of aromatic nitrogens is 3. The van der Waals surface area contributed by atoms with Crippen molar-refractivity contribution in [3.05, 3.63) is 41.7 Å². The highest BCUT2D eigenvalue weighted by atomic mass is 15.4. The van der Waals surface area contributed by atoms with Crippen LogP contribution in [-0.4, -0.2) is 15.0 Å². The zero-order chi connectivity index (χ0) is 10.8. The minimum atomic E-state index is 1.09. The van der Waals surface area contributed by atoms with Gasteiger partial charge in [0.2, 0.25) is 0 Å². The number of nitrogens with zero attached hydrogens (tertiary/aromatic N) is 3. The standard InChI is InChI=1S/C13H15N3/c1-3-7-11(8-4-1)16-13-10-6-2-5-9-12(13)14-15-16/h1,3-4,7-8H,2,5-6,9-10H2. The second kappa shape index (κ2) is 4.08. The van der Waals surface area contributed by atoms with Crippen molar-refractivity contribution in [1.29, 1.82) is 0 Å². The van der Waals surface area contributed by atoms with Gasteiger partial charge in [-0.05, 0) is 37.8 Å². The molecule has 1 aliphatic rings. The molecule has 82 valence electrons. The summed E-state index contributed by atoms with van der Waals surface area (Å²) in [5.41, 5.74) is 3.63. The average molecular weight is 213 g/mol. The highest BCUT2D eigenvalue weighted by Gasteiger charge is 2.15. The van der Waals surface area contributed by atoms with Gasteiger partial charge in [0.25, 0.3) is 0 Å². The molecule has 0 saturated heterocycles. The van der Waals surface area contributed by atoms with Gasteiger partial charge in [0.15, 0.2) is 0 Å². The molecule has 0 unspecified atom stereocenters. The maximum atomic E-state index is 4.31. The Labute approximate surface area is 95.1 Å². The number of rotatable bonds is 1. The quantitative estimate of drug-likeness (QED) is 0.681. The van der Waals surface area contributed by atoms with Gasteiger partial charge >= 0.3 is 0 Å². The van der Waals surface area contributed by atoms with Gasteiger partial charge in [-0.15, -0.1) is 5.10 Å². The predicted octanol–water partition coefficient (Wildman–Crippen LogP) is 2.54.